The summed E-state index contributed by atoms with van der Waals surface area (Å²) >= 11 is 0.0347. The predicted octanol–water partition coefficient (Wildman–Crippen LogP) is 3.60. The first kappa shape index (κ1) is 13.3. The number of rotatable bonds is 2. The molecule has 2 rings (SSSR count). The molecule has 0 N–H and O–H groups in total. The summed E-state index contributed by atoms with van der Waals surface area (Å²) in [6.45, 7) is 0. The van der Waals surface area contributed by atoms with Gasteiger partial charge in [-0.05, 0) is 0 Å². The van der Waals surface area contributed by atoms with Crippen LogP contribution >= 0.6 is 24.8 Å². The van der Waals surface area contributed by atoms with Crippen LogP contribution in [0.2, 0.25) is 0 Å². The van der Waals surface area contributed by atoms with Gasteiger partial charge in [0, 0.05) is 0 Å². The topological polar surface area (TPSA) is 0 Å². The third kappa shape index (κ3) is 3.87. The summed E-state index contributed by atoms with van der Waals surface area (Å²) < 4.78 is 3.20. The second-order valence-electron chi connectivity index (χ2n) is 2.72. The molecule has 0 aliphatic heterocycles. The van der Waals surface area contributed by atoms with E-state index in [9.17, 15) is 0 Å². The Kier molecular flexibility index (Phi) is 6.80. The van der Waals surface area contributed by atoms with Crippen LogP contribution in [-0.2, 0) is 19.2 Å². The van der Waals surface area contributed by atoms with Gasteiger partial charge in [-0.25, -0.2) is 0 Å². The summed E-state index contributed by atoms with van der Waals surface area (Å²) in [5, 5.41) is 0. The Hall–Kier alpha value is 0.254. The van der Waals surface area contributed by atoms with Gasteiger partial charge in [0.05, 0.1) is 0 Å². The zero-order valence-electron chi connectivity index (χ0n) is 7.19. The standard InChI is InChI=1S/2C5H5.2ClH.Ti/c2*1-2-4-5-3-1;;;/h2*1-2,5H,3H2;2*1H;. The van der Waals surface area contributed by atoms with E-state index in [1.54, 1.807) is 7.76 Å². The molecule has 2 aliphatic carbocycles. The molecular formula is C10H12Cl2Ti. The molecule has 0 atom stereocenters. The molecule has 0 unspecified atom stereocenters. The Bertz CT molecular complexity index is 247. The van der Waals surface area contributed by atoms with Gasteiger partial charge in [0.1, 0.15) is 0 Å². The minimum atomic E-state index is 0. The predicted molar refractivity (Wildman–Crippen MR) is 58.2 cm³/mol. The maximum Gasteiger partial charge on any atom is -0.147 e. The summed E-state index contributed by atoms with van der Waals surface area (Å²) in [6.07, 6.45) is 16.1. The zero-order chi connectivity index (χ0) is 7.52. The molecule has 13 heavy (non-hydrogen) atoms. The normalized spacial score (nSPS) is 17.2. The summed E-state index contributed by atoms with van der Waals surface area (Å²) in [7, 11) is 0. The van der Waals surface area contributed by atoms with Crippen molar-refractivity contribution in [3.8, 4) is 0 Å². The van der Waals surface area contributed by atoms with Crippen molar-refractivity contribution in [2.45, 2.75) is 12.8 Å². The number of hydrogen-bond donors (Lipinski definition) is 0. The van der Waals surface area contributed by atoms with Gasteiger partial charge in [0.25, 0.3) is 0 Å². The van der Waals surface area contributed by atoms with Gasteiger partial charge < -0.3 is 0 Å². The molecule has 0 heterocycles. The molecule has 0 amide bonds. The van der Waals surface area contributed by atoms with Gasteiger partial charge in [0.2, 0.25) is 0 Å². The van der Waals surface area contributed by atoms with E-state index in [0.717, 1.165) is 12.8 Å². The summed E-state index contributed by atoms with van der Waals surface area (Å²) in [6, 6.07) is 0. The van der Waals surface area contributed by atoms with E-state index in [4.69, 9.17) is 0 Å². The van der Waals surface area contributed by atoms with Crippen LogP contribution in [0.5, 0.6) is 0 Å². The summed E-state index contributed by atoms with van der Waals surface area (Å²) in [5.41, 5.74) is 0. The molecule has 0 nitrogen and oxygen atoms in total. The average molecular weight is 251 g/mol. The molecule has 2 aliphatic rings. The maximum atomic E-state index is 2.35. The van der Waals surface area contributed by atoms with Crippen LogP contribution in [-0.4, -0.2) is 0 Å². The van der Waals surface area contributed by atoms with Gasteiger partial charge >= 0.3 is 76.2 Å². The molecule has 0 fully saturated rings. The van der Waals surface area contributed by atoms with Crippen LogP contribution in [0.4, 0.5) is 0 Å². The molecule has 0 saturated heterocycles. The van der Waals surface area contributed by atoms with Crippen LogP contribution in [0.15, 0.2) is 44.2 Å². The van der Waals surface area contributed by atoms with E-state index in [1.165, 1.54) is 0 Å². The maximum absolute atomic E-state index is 2.35. The number of allylic oxidation sites excluding steroid dienone is 8. The van der Waals surface area contributed by atoms with Crippen LogP contribution in [0, 0.1) is 0 Å². The van der Waals surface area contributed by atoms with E-state index < -0.39 is 0 Å². The molecular weight excluding hydrogens is 239 g/mol. The van der Waals surface area contributed by atoms with Gasteiger partial charge in [0.15, 0.2) is 0 Å². The smallest absolute Gasteiger partial charge is 0.147 e. The molecule has 0 bridgehead atoms. The van der Waals surface area contributed by atoms with Crippen molar-refractivity contribution in [1.82, 2.24) is 0 Å². The van der Waals surface area contributed by atoms with Crippen molar-refractivity contribution < 1.29 is 19.2 Å². The Morgan fingerprint density at radius 2 is 1.31 bits per heavy atom. The van der Waals surface area contributed by atoms with Gasteiger partial charge in [-0.2, -0.15) is 0 Å². The number of hydrogen-bond acceptors (Lipinski definition) is 0. The van der Waals surface area contributed by atoms with Crippen LogP contribution < -0.4 is 0 Å². The third-order valence-corrected chi connectivity index (χ3v) is 3.89. The molecule has 0 spiro atoms. The second-order valence-corrected chi connectivity index (χ2v) is 4.91. The van der Waals surface area contributed by atoms with Crippen molar-refractivity contribution in [2.24, 2.45) is 0 Å². The zero-order valence-corrected chi connectivity index (χ0v) is 10.4. The summed E-state index contributed by atoms with van der Waals surface area (Å²) in [5.74, 6) is 0. The Morgan fingerprint density at radius 3 is 1.62 bits per heavy atom. The first-order chi connectivity index (χ1) is 5.45. The molecule has 0 aromatic carbocycles. The minimum absolute atomic E-state index is 0. The first-order valence-electron chi connectivity index (χ1n) is 3.95. The SMILES string of the molecule is C1=C[C]([Ti][C]2=CCC=C2)=CC1.Cl.Cl. The Morgan fingerprint density at radius 1 is 0.846 bits per heavy atom. The van der Waals surface area contributed by atoms with Crippen molar-refractivity contribution in [3.05, 3.63) is 44.2 Å². The van der Waals surface area contributed by atoms with Gasteiger partial charge in [-0.15, -0.1) is 24.8 Å². The van der Waals surface area contributed by atoms with Gasteiger partial charge in [-0.1, -0.05) is 0 Å². The van der Waals surface area contributed by atoms with Crippen LogP contribution in [0.1, 0.15) is 12.8 Å². The third-order valence-electron chi connectivity index (χ3n) is 1.83. The minimum Gasteiger partial charge on any atom is -0.147 e. The average Bonchev–Trinajstić information content (AvgIpc) is 2.60. The van der Waals surface area contributed by atoms with E-state index in [1.807, 2.05) is 0 Å². The largest absolute Gasteiger partial charge is 0.147 e. The van der Waals surface area contributed by atoms with Crippen molar-refractivity contribution in [2.75, 3.05) is 0 Å². The molecule has 0 aromatic heterocycles. The fourth-order valence-electron chi connectivity index (χ4n) is 1.27. The van der Waals surface area contributed by atoms with Crippen molar-refractivity contribution in [1.29, 1.82) is 0 Å². The van der Waals surface area contributed by atoms with Crippen molar-refractivity contribution in [3.63, 3.8) is 0 Å². The Labute approximate surface area is 101 Å². The molecule has 3 heteroatoms. The van der Waals surface area contributed by atoms with Gasteiger partial charge in [-0.3, -0.25) is 0 Å². The fraction of sp³-hybridized carbons (Fsp3) is 0.200. The quantitative estimate of drug-likeness (QED) is 0.657. The monoisotopic (exact) mass is 250 g/mol. The molecule has 70 valence electrons. The first-order valence-corrected chi connectivity index (χ1v) is 5.52. The molecule has 0 radical (unpaired) electrons. The van der Waals surface area contributed by atoms with Crippen molar-refractivity contribution >= 4 is 24.8 Å². The number of halogens is 2. The Balaban J connectivity index is 0.000000720. The van der Waals surface area contributed by atoms with Crippen LogP contribution in [0.25, 0.3) is 0 Å². The van der Waals surface area contributed by atoms with E-state index in [0.29, 0.717) is 0 Å². The fourth-order valence-corrected chi connectivity index (χ4v) is 3.10. The summed E-state index contributed by atoms with van der Waals surface area (Å²) in [4.78, 5) is 0. The van der Waals surface area contributed by atoms with Crippen LogP contribution in [0.3, 0.4) is 0 Å². The van der Waals surface area contributed by atoms with E-state index in [-0.39, 0.29) is 44.0 Å². The molecule has 0 saturated carbocycles. The molecule has 0 aromatic rings. The van der Waals surface area contributed by atoms with E-state index >= 15 is 0 Å². The second kappa shape index (κ2) is 6.67. The van der Waals surface area contributed by atoms with E-state index in [2.05, 4.69) is 36.5 Å².